The van der Waals surface area contributed by atoms with Gasteiger partial charge in [-0.15, -0.1) is 0 Å². The average molecular weight is 364 g/mol. The predicted molar refractivity (Wildman–Crippen MR) is 103 cm³/mol. The highest BCUT2D eigenvalue weighted by Gasteiger charge is 2.14. The number of methoxy groups -OCH3 is 2. The number of ether oxygens (including phenoxy) is 3. The van der Waals surface area contributed by atoms with E-state index in [4.69, 9.17) is 14.2 Å². The standard InChI is InChI=1S/C21H20N2O4/c1-14-19(25-2)11-15(12-20(14)26-3)21(24)23-16-5-4-6-18(13-16)27-17-7-9-22-10-8-17/h4-13H,1-3H3,(H,23,24). The molecular formula is C21H20N2O4. The molecule has 6 heteroatoms. The van der Waals surface area contributed by atoms with Crippen molar-refractivity contribution in [1.29, 1.82) is 0 Å². The fourth-order valence-corrected chi connectivity index (χ4v) is 2.60. The van der Waals surface area contributed by atoms with Gasteiger partial charge in [0, 0.05) is 35.3 Å². The summed E-state index contributed by atoms with van der Waals surface area (Å²) in [6.07, 6.45) is 3.30. The van der Waals surface area contributed by atoms with Crippen molar-refractivity contribution in [3.8, 4) is 23.0 Å². The van der Waals surface area contributed by atoms with Crippen molar-refractivity contribution in [2.75, 3.05) is 19.5 Å². The molecule has 0 spiro atoms. The Labute approximate surface area is 157 Å². The van der Waals surface area contributed by atoms with Gasteiger partial charge < -0.3 is 19.5 Å². The van der Waals surface area contributed by atoms with E-state index >= 15 is 0 Å². The highest BCUT2D eigenvalue weighted by atomic mass is 16.5. The van der Waals surface area contributed by atoms with Crippen LogP contribution in [0.15, 0.2) is 60.9 Å². The van der Waals surface area contributed by atoms with Gasteiger partial charge in [0.25, 0.3) is 5.91 Å². The first-order valence-corrected chi connectivity index (χ1v) is 8.32. The van der Waals surface area contributed by atoms with Crippen molar-refractivity contribution >= 4 is 11.6 Å². The third-order valence-corrected chi connectivity index (χ3v) is 3.99. The molecule has 0 unspecified atom stereocenters. The Morgan fingerprint density at radius 2 is 1.59 bits per heavy atom. The molecule has 3 rings (SSSR count). The highest BCUT2D eigenvalue weighted by molar-refractivity contribution is 6.05. The summed E-state index contributed by atoms with van der Waals surface area (Å²) in [4.78, 5) is 16.6. The number of benzene rings is 2. The zero-order valence-electron chi connectivity index (χ0n) is 15.4. The molecule has 27 heavy (non-hydrogen) atoms. The molecule has 1 N–H and O–H groups in total. The van der Waals surface area contributed by atoms with Crippen LogP contribution < -0.4 is 19.5 Å². The molecule has 2 aromatic carbocycles. The third kappa shape index (κ3) is 4.36. The van der Waals surface area contributed by atoms with E-state index in [1.807, 2.05) is 19.1 Å². The monoisotopic (exact) mass is 364 g/mol. The van der Waals surface area contributed by atoms with Gasteiger partial charge in [0.05, 0.1) is 14.2 Å². The minimum atomic E-state index is -0.271. The lowest BCUT2D eigenvalue weighted by atomic mass is 10.1. The summed E-state index contributed by atoms with van der Waals surface area (Å²) in [5, 5.41) is 2.86. The minimum absolute atomic E-state index is 0.271. The molecule has 6 nitrogen and oxygen atoms in total. The summed E-state index contributed by atoms with van der Waals surface area (Å²) in [7, 11) is 3.12. The lowest BCUT2D eigenvalue weighted by molar-refractivity contribution is 0.102. The van der Waals surface area contributed by atoms with Crippen molar-refractivity contribution in [3.63, 3.8) is 0 Å². The molecule has 138 valence electrons. The van der Waals surface area contributed by atoms with E-state index in [1.165, 1.54) is 0 Å². The molecule has 1 amide bonds. The van der Waals surface area contributed by atoms with E-state index in [1.54, 1.807) is 63.0 Å². The van der Waals surface area contributed by atoms with Crippen LogP contribution in [0.1, 0.15) is 15.9 Å². The van der Waals surface area contributed by atoms with Crippen molar-refractivity contribution < 1.29 is 19.0 Å². The van der Waals surface area contributed by atoms with Crippen molar-refractivity contribution in [2.24, 2.45) is 0 Å². The number of rotatable bonds is 6. The van der Waals surface area contributed by atoms with Gasteiger partial charge in [-0.2, -0.15) is 0 Å². The average Bonchev–Trinajstić information content (AvgIpc) is 2.69. The second-order valence-corrected chi connectivity index (χ2v) is 5.77. The molecule has 0 bridgehead atoms. The quantitative estimate of drug-likeness (QED) is 0.700. The summed E-state index contributed by atoms with van der Waals surface area (Å²) in [6.45, 7) is 1.87. The molecule has 0 saturated carbocycles. The molecule has 0 aliphatic rings. The van der Waals surface area contributed by atoms with Crippen LogP contribution in [0, 0.1) is 6.92 Å². The van der Waals surface area contributed by atoms with Gasteiger partial charge in [-0.05, 0) is 43.3 Å². The number of aromatic nitrogens is 1. The van der Waals surface area contributed by atoms with Gasteiger partial charge in [-0.25, -0.2) is 0 Å². The van der Waals surface area contributed by atoms with Crippen molar-refractivity contribution in [1.82, 2.24) is 4.98 Å². The summed E-state index contributed by atoms with van der Waals surface area (Å²) in [6, 6.07) is 14.1. The van der Waals surface area contributed by atoms with Crippen LogP contribution in [-0.2, 0) is 0 Å². The van der Waals surface area contributed by atoms with E-state index in [0.29, 0.717) is 34.2 Å². The van der Waals surface area contributed by atoms with Crippen LogP contribution in [0.25, 0.3) is 0 Å². The topological polar surface area (TPSA) is 69.7 Å². The Morgan fingerprint density at radius 3 is 2.22 bits per heavy atom. The van der Waals surface area contributed by atoms with E-state index in [-0.39, 0.29) is 5.91 Å². The number of carbonyl (C=O) groups is 1. The lowest BCUT2D eigenvalue weighted by Crippen LogP contribution is -2.12. The second kappa shape index (κ2) is 8.23. The van der Waals surface area contributed by atoms with Crippen molar-refractivity contribution in [3.05, 3.63) is 72.1 Å². The van der Waals surface area contributed by atoms with Gasteiger partial charge in [0.1, 0.15) is 23.0 Å². The summed E-state index contributed by atoms with van der Waals surface area (Å²) < 4.78 is 16.4. The fraction of sp³-hybridized carbons (Fsp3) is 0.143. The van der Waals surface area contributed by atoms with Gasteiger partial charge in [0.2, 0.25) is 0 Å². The lowest BCUT2D eigenvalue weighted by Gasteiger charge is -2.13. The van der Waals surface area contributed by atoms with Crippen LogP contribution in [0.2, 0.25) is 0 Å². The number of nitrogens with one attached hydrogen (secondary N) is 1. The Hall–Kier alpha value is -3.54. The molecule has 0 fully saturated rings. The summed E-state index contributed by atoms with van der Waals surface area (Å²) in [5.74, 6) is 2.19. The normalized spacial score (nSPS) is 10.2. The highest BCUT2D eigenvalue weighted by Crippen LogP contribution is 2.30. The van der Waals surface area contributed by atoms with E-state index in [0.717, 1.165) is 5.56 Å². The molecular weight excluding hydrogens is 344 g/mol. The van der Waals surface area contributed by atoms with E-state index in [2.05, 4.69) is 10.3 Å². The van der Waals surface area contributed by atoms with Gasteiger partial charge >= 0.3 is 0 Å². The molecule has 0 atom stereocenters. The maximum atomic E-state index is 12.7. The molecule has 0 saturated heterocycles. The molecule has 1 heterocycles. The minimum Gasteiger partial charge on any atom is -0.496 e. The summed E-state index contributed by atoms with van der Waals surface area (Å²) in [5.41, 5.74) is 1.89. The van der Waals surface area contributed by atoms with Crippen molar-refractivity contribution in [2.45, 2.75) is 6.92 Å². The zero-order valence-corrected chi connectivity index (χ0v) is 15.4. The molecule has 0 radical (unpaired) electrons. The number of carbonyl (C=O) groups excluding carboxylic acids is 1. The molecule has 3 aromatic rings. The van der Waals surface area contributed by atoms with Crippen LogP contribution in [0.4, 0.5) is 5.69 Å². The first-order valence-electron chi connectivity index (χ1n) is 8.32. The number of nitrogens with zero attached hydrogens (tertiary/aromatic N) is 1. The number of amides is 1. The van der Waals surface area contributed by atoms with Gasteiger partial charge in [-0.1, -0.05) is 6.07 Å². The molecule has 0 aliphatic carbocycles. The Bertz CT molecular complexity index is 917. The van der Waals surface area contributed by atoms with Gasteiger partial charge in [-0.3, -0.25) is 9.78 Å². The van der Waals surface area contributed by atoms with Crippen LogP contribution in [-0.4, -0.2) is 25.1 Å². The first kappa shape index (κ1) is 18.3. The largest absolute Gasteiger partial charge is 0.496 e. The third-order valence-electron chi connectivity index (χ3n) is 3.99. The fourth-order valence-electron chi connectivity index (χ4n) is 2.60. The Morgan fingerprint density at radius 1 is 0.926 bits per heavy atom. The maximum Gasteiger partial charge on any atom is 0.255 e. The van der Waals surface area contributed by atoms with E-state index in [9.17, 15) is 4.79 Å². The van der Waals surface area contributed by atoms with Crippen LogP contribution in [0.3, 0.4) is 0 Å². The Kier molecular flexibility index (Phi) is 5.56. The zero-order chi connectivity index (χ0) is 19.2. The maximum absolute atomic E-state index is 12.7. The molecule has 1 aromatic heterocycles. The van der Waals surface area contributed by atoms with Crippen LogP contribution >= 0.6 is 0 Å². The number of hydrogen-bond donors (Lipinski definition) is 1. The molecule has 0 aliphatic heterocycles. The summed E-state index contributed by atoms with van der Waals surface area (Å²) >= 11 is 0. The smallest absolute Gasteiger partial charge is 0.255 e. The second-order valence-electron chi connectivity index (χ2n) is 5.77. The SMILES string of the molecule is COc1cc(C(=O)Nc2cccc(Oc3ccncc3)c2)cc(OC)c1C. The predicted octanol–water partition coefficient (Wildman–Crippen LogP) is 4.45. The number of pyridine rings is 1. The van der Waals surface area contributed by atoms with E-state index < -0.39 is 0 Å². The number of hydrogen-bond acceptors (Lipinski definition) is 5. The van der Waals surface area contributed by atoms with Crippen LogP contribution in [0.5, 0.6) is 23.0 Å². The van der Waals surface area contributed by atoms with Gasteiger partial charge in [0.15, 0.2) is 0 Å². The number of anilines is 1. The first-order chi connectivity index (χ1) is 13.1. The Balaban J connectivity index is 1.79.